The molecule has 1 saturated heterocycles. The van der Waals surface area contributed by atoms with Crippen molar-refractivity contribution in [1.82, 2.24) is 4.90 Å². The number of rotatable bonds is 1. The van der Waals surface area contributed by atoms with E-state index in [-0.39, 0.29) is 22.3 Å². The molecule has 1 aromatic rings. The summed E-state index contributed by atoms with van der Waals surface area (Å²) in [6.07, 6.45) is 6.51. The highest BCUT2D eigenvalue weighted by Crippen LogP contribution is 2.78. The van der Waals surface area contributed by atoms with Crippen LogP contribution in [-0.4, -0.2) is 40.6 Å². The van der Waals surface area contributed by atoms with Crippen molar-refractivity contribution in [2.45, 2.75) is 36.8 Å². The van der Waals surface area contributed by atoms with Gasteiger partial charge in [-0.1, -0.05) is 37.3 Å². The van der Waals surface area contributed by atoms with Crippen LogP contribution in [0, 0.1) is 17.3 Å². The van der Waals surface area contributed by atoms with E-state index in [9.17, 15) is 9.90 Å². The van der Waals surface area contributed by atoms with Crippen LogP contribution in [0.25, 0.3) is 0 Å². The van der Waals surface area contributed by atoms with Gasteiger partial charge in [-0.05, 0) is 36.9 Å². The first-order chi connectivity index (χ1) is 11.6. The van der Waals surface area contributed by atoms with Crippen LogP contribution in [-0.2, 0) is 10.2 Å². The number of aliphatic carboxylic acids is 1. The Balaban J connectivity index is 1.72. The van der Waals surface area contributed by atoms with Crippen molar-refractivity contribution in [3.05, 3.63) is 42.0 Å². The number of carboxylic acids is 1. The van der Waals surface area contributed by atoms with Crippen LogP contribution in [0.4, 0.5) is 5.69 Å². The first-order valence-corrected chi connectivity index (χ1v) is 9.10. The summed E-state index contributed by atoms with van der Waals surface area (Å²) in [5.41, 5.74) is 2.12. The van der Waals surface area contributed by atoms with Crippen molar-refractivity contribution in [3.8, 4) is 0 Å². The fourth-order valence-electron chi connectivity index (χ4n) is 7.80. The molecule has 0 aromatic heterocycles. The molecule has 124 valence electrons. The van der Waals surface area contributed by atoms with Crippen LogP contribution >= 0.6 is 0 Å². The second-order valence-electron chi connectivity index (χ2n) is 8.49. The Morgan fingerprint density at radius 2 is 2.21 bits per heavy atom. The van der Waals surface area contributed by atoms with Crippen LogP contribution in [0.5, 0.6) is 0 Å². The summed E-state index contributed by atoms with van der Waals surface area (Å²) < 4.78 is 0. The van der Waals surface area contributed by atoms with Gasteiger partial charge in [-0.15, -0.1) is 0 Å². The lowest BCUT2D eigenvalue weighted by molar-refractivity contribution is -0.145. The van der Waals surface area contributed by atoms with Gasteiger partial charge in [0.2, 0.25) is 0 Å². The minimum Gasteiger partial charge on any atom is -0.481 e. The standard InChI is InChI=1S/C20H22N2O2/c1-12-18-7-4-9-22-10-8-19(17(18)22)13-5-2-3-6-15(13)21-20(12,19)14(11-18)16(23)24/h2-7,12,14,17,21H,8-11H2,1H3,(H,23,24). The third kappa shape index (κ3) is 1.02. The molecule has 3 spiro atoms. The molecule has 4 heteroatoms. The molecule has 3 heterocycles. The molecule has 5 aliphatic rings. The van der Waals surface area contributed by atoms with Crippen LogP contribution in [0.15, 0.2) is 36.4 Å². The number of nitrogens with one attached hydrogen (secondary N) is 1. The maximum Gasteiger partial charge on any atom is 0.308 e. The molecule has 3 fully saturated rings. The minimum atomic E-state index is -0.630. The van der Waals surface area contributed by atoms with Crippen LogP contribution in [0.3, 0.4) is 0 Å². The Kier molecular flexibility index (Phi) is 2.09. The van der Waals surface area contributed by atoms with E-state index in [1.165, 1.54) is 11.3 Å². The Morgan fingerprint density at radius 1 is 1.38 bits per heavy atom. The van der Waals surface area contributed by atoms with Gasteiger partial charge < -0.3 is 10.4 Å². The summed E-state index contributed by atoms with van der Waals surface area (Å²) in [4.78, 5) is 14.9. The van der Waals surface area contributed by atoms with E-state index in [2.05, 4.69) is 53.6 Å². The maximum atomic E-state index is 12.3. The monoisotopic (exact) mass is 322 g/mol. The second-order valence-corrected chi connectivity index (χ2v) is 8.49. The fourth-order valence-corrected chi connectivity index (χ4v) is 7.80. The third-order valence-corrected chi connectivity index (χ3v) is 8.28. The molecule has 3 aliphatic heterocycles. The number of anilines is 1. The summed E-state index contributed by atoms with van der Waals surface area (Å²) in [5.74, 6) is -0.629. The highest BCUT2D eigenvalue weighted by atomic mass is 16.4. The van der Waals surface area contributed by atoms with Gasteiger partial charge in [-0.3, -0.25) is 9.69 Å². The molecule has 4 nitrogen and oxygen atoms in total. The first kappa shape index (κ1) is 13.5. The van der Waals surface area contributed by atoms with Gasteiger partial charge >= 0.3 is 5.97 Å². The average molecular weight is 322 g/mol. The SMILES string of the molecule is CC1C23C=CCN4CCC5(c6ccccc6NC15C(C(=O)O)C2)C43. The van der Waals surface area contributed by atoms with Gasteiger partial charge in [0.05, 0.1) is 11.5 Å². The number of hydrogen-bond donors (Lipinski definition) is 2. The molecular weight excluding hydrogens is 300 g/mol. The van der Waals surface area contributed by atoms with E-state index >= 15 is 0 Å². The highest BCUT2D eigenvalue weighted by molar-refractivity contribution is 5.81. The van der Waals surface area contributed by atoms with Crippen molar-refractivity contribution in [1.29, 1.82) is 0 Å². The normalized spacial score (nSPS) is 49.6. The zero-order valence-corrected chi connectivity index (χ0v) is 13.8. The summed E-state index contributed by atoms with van der Waals surface area (Å²) in [6, 6.07) is 9.02. The smallest absolute Gasteiger partial charge is 0.308 e. The number of hydrogen-bond acceptors (Lipinski definition) is 3. The van der Waals surface area contributed by atoms with E-state index in [1.807, 2.05) is 0 Å². The number of fused-ring (bicyclic) bond motifs is 1. The molecule has 6 unspecified atom stereocenters. The topological polar surface area (TPSA) is 52.6 Å². The molecule has 2 N–H and O–H groups in total. The number of benzene rings is 1. The molecule has 1 aromatic carbocycles. The van der Waals surface area contributed by atoms with Crippen LogP contribution in [0.2, 0.25) is 0 Å². The number of carboxylic acid groups (broad SMARTS) is 1. The van der Waals surface area contributed by atoms with Gasteiger partial charge in [0.15, 0.2) is 0 Å². The first-order valence-electron chi connectivity index (χ1n) is 9.10. The number of nitrogens with zero attached hydrogens (tertiary/aromatic N) is 1. The lowest BCUT2D eigenvalue weighted by Crippen LogP contribution is -2.62. The molecule has 0 radical (unpaired) electrons. The Hall–Kier alpha value is -1.81. The van der Waals surface area contributed by atoms with Crippen molar-refractivity contribution in [2.75, 3.05) is 18.4 Å². The lowest BCUT2D eigenvalue weighted by Gasteiger charge is -2.50. The maximum absolute atomic E-state index is 12.3. The quantitative estimate of drug-likeness (QED) is 0.780. The van der Waals surface area contributed by atoms with Crippen LogP contribution < -0.4 is 5.32 Å². The van der Waals surface area contributed by atoms with E-state index < -0.39 is 5.97 Å². The predicted molar refractivity (Wildman–Crippen MR) is 90.9 cm³/mol. The molecule has 2 aliphatic carbocycles. The molecule has 6 rings (SSSR count). The minimum absolute atomic E-state index is 0.00165. The van der Waals surface area contributed by atoms with E-state index in [4.69, 9.17) is 0 Å². The fraction of sp³-hybridized carbons (Fsp3) is 0.550. The average Bonchev–Trinajstić information content (AvgIpc) is 3.23. The van der Waals surface area contributed by atoms with Crippen molar-refractivity contribution < 1.29 is 9.90 Å². The molecule has 0 amide bonds. The van der Waals surface area contributed by atoms with E-state index in [0.717, 1.165) is 25.9 Å². The van der Waals surface area contributed by atoms with Gasteiger partial charge in [0, 0.05) is 29.1 Å². The summed E-state index contributed by atoms with van der Waals surface area (Å²) in [6.45, 7) is 4.39. The van der Waals surface area contributed by atoms with Gasteiger partial charge in [-0.25, -0.2) is 0 Å². The number of para-hydroxylation sites is 1. The second kappa shape index (κ2) is 3.72. The predicted octanol–water partition coefficient (Wildman–Crippen LogP) is 2.47. The Bertz CT molecular complexity index is 820. The summed E-state index contributed by atoms with van der Waals surface area (Å²) in [7, 11) is 0. The van der Waals surface area contributed by atoms with E-state index in [0.29, 0.717) is 12.0 Å². The lowest BCUT2D eigenvalue weighted by atomic mass is 9.57. The zero-order valence-electron chi connectivity index (χ0n) is 13.8. The zero-order chi connectivity index (χ0) is 16.3. The van der Waals surface area contributed by atoms with Crippen LogP contribution in [0.1, 0.15) is 25.3 Å². The summed E-state index contributed by atoms with van der Waals surface area (Å²) in [5, 5.41) is 13.9. The van der Waals surface area contributed by atoms with Crippen molar-refractivity contribution in [3.63, 3.8) is 0 Å². The molecule has 2 bridgehead atoms. The van der Waals surface area contributed by atoms with E-state index in [1.54, 1.807) is 0 Å². The van der Waals surface area contributed by atoms with Gasteiger partial charge in [-0.2, -0.15) is 0 Å². The van der Waals surface area contributed by atoms with Crippen molar-refractivity contribution >= 4 is 11.7 Å². The molecule has 2 saturated carbocycles. The molecule has 6 atom stereocenters. The molecular formula is C20H22N2O2. The van der Waals surface area contributed by atoms with Crippen molar-refractivity contribution in [2.24, 2.45) is 17.3 Å². The van der Waals surface area contributed by atoms with Gasteiger partial charge in [0.25, 0.3) is 0 Å². The highest BCUT2D eigenvalue weighted by Gasteiger charge is 2.85. The summed E-state index contributed by atoms with van der Waals surface area (Å²) >= 11 is 0. The largest absolute Gasteiger partial charge is 0.481 e. The third-order valence-electron chi connectivity index (χ3n) is 8.28. The molecule has 24 heavy (non-hydrogen) atoms. The Labute approximate surface area is 141 Å². The number of carbonyl (C=O) groups is 1. The van der Waals surface area contributed by atoms with Gasteiger partial charge in [0.1, 0.15) is 0 Å². The Morgan fingerprint density at radius 3 is 3.04 bits per heavy atom.